The molecule has 0 atom stereocenters. The SMILES string of the molecule is Cn1ccc(CN2CCN(CC(=O)O)CC2)n1. The van der Waals surface area contributed by atoms with Crippen molar-refractivity contribution in [2.45, 2.75) is 6.54 Å². The normalized spacial score (nSPS) is 18.4. The standard InChI is InChI=1S/C11H18N4O2/c1-13-3-2-10(12-13)8-14-4-6-15(7-5-14)9-11(16)17/h2-3H,4-9H2,1H3,(H,16,17). The lowest BCUT2D eigenvalue weighted by Crippen LogP contribution is -2.47. The van der Waals surface area contributed by atoms with Crippen molar-refractivity contribution in [3.8, 4) is 0 Å². The Kier molecular flexibility index (Phi) is 3.75. The average molecular weight is 238 g/mol. The number of carboxylic acid groups (broad SMARTS) is 1. The number of piperazine rings is 1. The van der Waals surface area contributed by atoms with E-state index in [0.717, 1.165) is 38.4 Å². The van der Waals surface area contributed by atoms with Gasteiger partial charge in [-0.05, 0) is 6.07 Å². The van der Waals surface area contributed by atoms with Crippen molar-refractivity contribution in [3.63, 3.8) is 0 Å². The van der Waals surface area contributed by atoms with Gasteiger partial charge in [0.2, 0.25) is 0 Å². The second-order valence-corrected chi connectivity index (χ2v) is 4.43. The fourth-order valence-electron chi connectivity index (χ4n) is 2.07. The Morgan fingerprint density at radius 2 is 2.00 bits per heavy atom. The van der Waals surface area contributed by atoms with E-state index in [1.54, 1.807) is 4.68 Å². The number of nitrogens with zero attached hydrogens (tertiary/aromatic N) is 4. The number of aromatic nitrogens is 2. The second kappa shape index (κ2) is 5.29. The van der Waals surface area contributed by atoms with Gasteiger partial charge in [-0.25, -0.2) is 0 Å². The molecule has 1 aromatic heterocycles. The molecule has 0 radical (unpaired) electrons. The molecule has 1 aromatic rings. The van der Waals surface area contributed by atoms with E-state index >= 15 is 0 Å². The monoisotopic (exact) mass is 238 g/mol. The van der Waals surface area contributed by atoms with Crippen LogP contribution in [0, 0.1) is 0 Å². The van der Waals surface area contributed by atoms with E-state index in [-0.39, 0.29) is 6.54 Å². The van der Waals surface area contributed by atoms with Crippen LogP contribution in [0.1, 0.15) is 5.69 Å². The minimum atomic E-state index is -0.747. The zero-order chi connectivity index (χ0) is 12.3. The zero-order valence-corrected chi connectivity index (χ0v) is 10.0. The maximum atomic E-state index is 10.6. The van der Waals surface area contributed by atoms with Crippen LogP contribution in [-0.2, 0) is 18.4 Å². The zero-order valence-electron chi connectivity index (χ0n) is 10.0. The number of aryl methyl sites for hydroxylation is 1. The highest BCUT2D eigenvalue weighted by Gasteiger charge is 2.18. The second-order valence-electron chi connectivity index (χ2n) is 4.43. The summed E-state index contributed by atoms with van der Waals surface area (Å²) in [5.74, 6) is -0.747. The first-order valence-electron chi connectivity index (χ1n) is 5.78. The minimum absolute atomic E-state index is 0.150. The van der Waals surface area contributed by atoms with Gasteiger partial charge < -0.3 is 5.11 Å². The van der Waals surface area contributed by atoms with Crippen LogP contribution in [0.4, 0.5) is 0 Å². The van der Waals surface area contributed by atoms with Crippen molar-refractivity contribution in [3.05, 3.63) is 18.0 Å². The first kappa shape index (κ1) is 12.1. The summed E-state index contributed by atoms with van der Waals surface area (Å²) in [6.45, 7) is 4.45. The summed E-state index contributed by atoms with van der Waals surface area (Å²) in [5.41, 5.74) is 1.07. The van der Waals surface area contributed by atoms with Gasteiger partial charge in [0.05, 0.1) is 12.2 Å². The minimum Gasteiger partial charge on any atom is -0.480 e. The summed E-state index contributed by atoms with van der Waals surface area (Å²) >= 11 is 0. The van der Waals surface area contributed by atoms with E-state index in [9.17, 15) is 4.79 Å². The van der Waals surface area contributed by atoms with E-state index < -0.39 is 5.97 Å². The Hall–Kier alpha value is -1.40. The first-order chi connectivity index (χ1) is 8.13. The third kappa shape index (κ3) is 3.54. The van der Waals surface area contributed by atoms with Crippen LogP contribution < -0.4 is 0 Å². The Bertz CT molecular complexity index is 383. The summed E-state index contributed by atoms with van der Waals surface area (Å²) in [4.78, 5) is 14.9. The lowest BCUT2D eigenvalue weighted by Gasteiger charge is -2.33. The molecule has 6 nitrogen and oxygen atoms in total. The average Bonchev–Trinajstić information content (AvgIpc) is 2.66. The molecule has 1 aliphatic rings. The molecule has 6 heteroatoms. The van der Waals surface area contributed by atoms with Gasteiger partial charge in [-0.2, -0.15) is 5.10 Å². The highest BCUT2D eigenvalue weighted by Crippen LogP contribution is 2.06. The maximum absolute atomic E-state index is 10.6. The molecule has 2 heterocycles. The van der Waals surface area contributed by atoms with Crippen LogP contribution >= 0.6 is 0 Å². The number of carbonyl (C=O) groups is 1. The largest absolute Gasteiger partial charge is 0.480 e. The van der Waals surface area contributed by atoms with Crippen molar-refractivity contribution >= 4 is 5.97 Å². The van der Waals surface area contributed by atoms with E-state index in [2.05, 4.69) is 10.00 Å². The van der Waals surface area contributed by atoms with E-state index in [0.29, 0.717) is 0 Å². The molecule has 17 heavy (non-hydrogen) atoms. The molecule has 1 saturated heterocycles. The lowest BCUT2D eigenvalue weighted by atomic mass is 10.3. The van der Waals surface area contributed by atoms with Gasteiger partial charge in [-0.15, -0.1) is 0 Å². The molecule has 0 saturated carbocycles. The molecule has 1 fully saturated rings. The third-order valence-electron chi connectivity index (χ3n) is 2.98. The fraction of sp³-hybridized carbons (Fsp3) is 0.636. The molecule has 0 amide bonds. The smallest absolute Gasteiger partial charge is 0.317 e. The Balaban J connectivity index is 1.77. The summed E-state index contributed by atoms with van der Waals surface area (Å²) in [6.07, 6.45) is 1.94. The number of carboxylic acids is 1. The van der Waals surface area contributed by atoms with E-state index in [1.807, 2.05) is 24.2 Å². The van der Waals surface area contributed by atoms with Gasteiger partial charge >= 0.3 is 5.97 Å². The maximum Gasteiger partial charge on any atom is 0.317 e. The van der Waals surface area contributed by atoms with Crippen molar-refractivity contribution in [1.29, 1.82) is 0 Å². The van der Waals surface area contributed by atoms with Gasteiger partial charge in [0.1, 0.15) is 0 Å². The van der Waals surface area contributed by atoms with Gasteiger partial charge in [-0.1, -0.05) is 0 Å². The molecular weight excluding hydrogens is 220 g/mol. The number of hydrogen-bond donors (Lipinski definition) is 1. The molecule has 1 N–H and O–H groups in total. The topological polar surface area (TPSA) is 61.6 Å². The quantitative estimate of drug-likeness (QED) is 0.775. The summed E-state index contributed by atoms with van der Waals surface area (Å²) in [5, 5.41) is 13.0. The lowest BCUT2D eigenvalue weighted by molar-refractivity contribution is -0.138. The molecule has 1 aliphatic heterocycles. The first-order valence-corrected chi connectivity index (χ1v) is 5.78. The predicted octanol–water partition coefficient (Wildman–Crippen LogP) is -0.378. The van der Waals surface area contributed by atoms with E-state index in [1.165, 1.54) is 0 Å². The van der Waals surface area contributed by atoms with Gasteiger partial charge in [0.15, 0.2) is 0 Å². The Morgan fingerprint density at radius 1 is 1.35 bits per heavy atom. The highest BCUT2D eigenvalue weighted by molar-refractivity contribution is 5.69. The highest BCUT2D eigenvalue weighted by atomic mass is 16.4. The molecule has 0 spiro atoms. The number of hydrogen-bond acceptors (Lipinski definition) is 4. The fourth-order valence-corrected chi connectivity index (χ4v) is 2.07. The Morgan fingerprint density at radius 3 is 2.53 bits per heavy atom. The predicted molar refractivity (Wildman–Crippen MR) is 62.6 cm³/mol. The van der Waals surface area contributed by atoms with Crippen LogP contribution in [0.25, 0.3) is 0 Å². The molecule has 0 bridgehead atoms. The van der Waals surface area contributed by atoms with Crippen molar-refractivity contribution in [2.24, 2.45) is 7.05 Å². The van der Waals surface area contributed by atoms with Gasteiger partial charge in [-0.3, -0.25) is 19.3 Å². The van der Waals surface area contributed by atoms with Gasteiger partial charge in [0.25, 0.3) is 0 Å². The molecule has 2 rings (SSSR count). The van der Waals surface area contributed by atoms with E-state index in [4.69, 9.17) is 5.11 Å². The summed E-state index contributed by atoms with van der Waals surface area (Å²) < 4.78 is 1.80. The van der Waals surface area contributed by atoms with Crippen LogP contribution in [0.3, 0.4) is 0 Å². The number of aliphatic carboxylic acids is 1. The summed E-state index contributed by atoms with van der Waals surface area (Å²) in [7, 11) is 1.91. The molecular formula is C11H18N4O2. The van der Waals surface area contributed by atoms with Crippen LogP contribution in [0.5, 0.6) is 0 Å². The molecule has 0 unspecified atom stereocenters. The van der Waals surface area contributed by atoms with Crippen LogP contribution in [-0.4, -0.2) is 63.4 Å². The third-order valence-corrected chi connectivity index (χ3v) is 2.98. The van der Waals surface area contributed by atoms with Crippen LogP contribution in [0.15, 0.2) is 12.3 Å². The molecule has 94 valence electrons. The molecule has 0 aromatic carbocycles. The number of rotatable bonds is 4. The van der Waals surface area contributed by atoms with Crippen molar-refractivity contribution in [1.82, 2.24) is 19.6 Å². The van der Waals surface area contributed by atoms with Gasteiger partial charge in [0, 0.05) is 46.0 Å². The van der Waals surface area contributed by atoms with Crippen molar-refractivity contribution in [2.75, 3.05) is 32.7 Å². The molecule has 0 aliphatic carbocycles. The summed E-state index contributed by atoms with van der Waals surface area (Å²) in [6, 6.07) is 2.02. The Labute approximate surface area is 100 Å². The van der Waals surface area contributed by atoms with Crippen LogP contribution in [0.2, 0.25) is 0 Å². The van der Waals surface area contributed by atoms with Crippen molar-refractivity contribution < 1.29 is 9.90 Å².